The van der Waals surface area contributed by atoms with Crippen LogP contribution in [-0.4, -0.2) is 0 Å². The summed E-state index contributed by atoms with van der Waals surface area (Å²) in [6.45, 7) is 32.0. The molecule has 176 valence electrons. The second kappa shape index (κ2) is 23.3. The van der Waals surface area contributed by atoms with Crippen LogP contribution in [0, 0.1) is 22.7 Å². The Balaban J connectivity index is -0.000000239. The Morgan fingerprint density at radius 2 is 0.821 bits per heavy atom. The summed E-state index contributed by atoms with van der Waals surface area (Å²) in [4.78, 5) is 0. The van der Waals surface area contributed by atoms with E-state index in [-0.39, 0.29) is 0 Å². The van der Waals surface area contributed by atoms with E-state index in [2.05, 4.69) is 83.1 Å². The molecule has 0 heterocycles. The van der Waals surface area contributed by atoms with Gasteiger partial charge in [0.05, 0.1) is 0 Å². The van der Waals surface area contributed by atoms with Gasteiger partial charge in [-0.25, -0.2) is 0 Å². The summed E-state index contributed by atoms with van der Waals surface area (Å²) in [6.07, 6.45) is 13.4. The fourth-order valence-corrected chi connectivity index (χ4v) is 3.72. The smallest absolute Gasteiger partial charge is 0.0349 e. The zero-order chi connectivity index (χ0) is 23.2. The van der Waals surface area contributed by atoms with E-state index in [1.807, 2.05) is 13.8 Å². The molecule has 0 aromatic carbocycles. The summed E-state index contributed by atoms with van der Waals surface area (Å²) < 4.78 is 0. The van der Waals surface area contributed by atoms with E-state index >= 15 is 0 Å². The van der Waals surface area contributed by atoms with E-state index in [1.54, 1.807) is 0 Å². The standard InChI is InChI=1S/C18H38.2C4H10.C2H6/c1-9-11-15(3)12-18(7,8)14-16(4)13-17(5,6)10-2;2*1-3-4-2;1-2/h15-16H,9-14H2,1-8H3;2*3-4H2,1-2H3;1-2H3. The first-order chi connectivity index (χ1) is 12.9. The van der Waals surface area contributed by atoms with Crippen LogP contribution in [0.2, 0.25) is 0 Å². The predicted molar refractivity (Wildman–Crippen MR) is 137 cm³/mol. The van der Waals surface area contributed by atoms with Crippen molar-refractivity contribution in [1.82, 2.24) is 0 Å². The molecule has 0 nitrogen and oxygen atoms in total. The maximum Gasteiger partial charge on any atom is -0.0349 e. The molecule has 2 atom stereocenters. The van der Waals surface area contributed by atoms with Crippen molar-refractivity contribution >= 4 is 0 Å². The minimum atomic E-state index is 0.512. The molecule has 0 amide bonds. The Kier molecular flexibility index (Phi) is 29.5. The van der Waals surface area contributed by atoms with Crippen molar-refractivity contribution < 1.29 is 0 Å². The summed E-state index contributed by atoms with van der Waals surface area (Å²) in [5, 5.41) is 0. The van der Waals surface area contributed by atoms with Crippen LogP contribution in [0.4, 0.5) is 0 Å². The number of unbranched alkanes of at least 4 members (excludes halogenated alkanes) is 2. The fourth-order valence-electron chi connectivity index (χ4n) is 3.72. The number of hydrogen-bond donors (Lipinski definition) is 0. The Labute approximate surface area is 184 Å². The average molecular weight is 401 g/mol. The van der Waals surface area contributed by atoms with E-state index in [0.29, 0.717) is 10.8 Å². The van der Waals surface area contributed by atoms with Crippen molar-refractivity contribution in [2.75, 3.05) is 0 Å². The van der Waals surface area contributed by atoms with Gasteiger partial charge in [-0.3, -0.25) is 0 Å². The topological polar surface area (TPSA) is 0 Å². The van der Waals surface area contributed by atoms with Crippen LogP contribution in [-0.2, 0) is 0 Å². The maximum absolute atomic E-state index is 2.47. The molecule has 0 heteroatoms. The molecule has 0 aliphatic carbocycles. The second-order valence-electron chi connectivity index (χ2n) is 10.3. The molecule has 0 bridgehead atoms. The predicted octanol–water partition coefficient (Wildman–Crippen LogP) is 11.3. The van der Waals surface area contributed by atoms with E-state index in [9.17, 15) is 0 Å². The molecular weight excluding hydrogens is 336 g/mol. The van der Waals surface area contributed by atoms with Gasteiger partial charge in [0.2, 0.25) is 0 Å². The maximum atomic E-state index is 2.47. The molecule has 2 unspecified atom stereocenters. The Morgan fingerprint density at radius 1 is 0.500 bits per heavy atom. The highest BCUT2D eigenvalue weighted by Crippen LogP contribution is 2.38. The normalized spacial score (nSPS) is 13.1. The lowest BCUT2D eigenvalue weighted by Crippen LogP contribution is -2.22. The fraction of sp³-hybridized carbons (Fsp3) is 1.00. The van der Waals surface area contributed by atoms with Gasteiger partial charge in [-0.15, -0.1) is 0 Å². The lowest BCUT2D eigenvalue weighted by atomic mass is 9.72. The van der Waals surface area contributed by atoms with Crippen molar-refractivity contribution in [3.8, 4) is 0 Å². The van der Waals surface area contributed by atoms with Crippen molar-refractivity contribution in [3.05, 3.63) is 0 Å². The van der Waals surface area contributed by atoms with Gasteiger partial charge in [-0.1, -0.05) is 142 Å². The van der Waals surface area contributed by atoms with Crippen LogP contribution < -0.4 is 0 Å². The lowest BCUT2D eigenvalue weighted by molar-refractivity contribution is 0.174. The van der Waals surface area contributed by atoms with E-state index in [1.165, 1.54) is 64.2 Å². The van der Waals surface area contributed by atoms with Crippen molar-refractivity contribution in [2.45, 2.75) is 161 Å². The molecule has 0 aromatic heterocycles. The first-order valence-corrected chi connectivity index (χ1v) is 12.9. The molecule has 0 radical (unpaired) electrons. The Morgan fingerprint density at radius 3 is 1.11 bits per heavy atom. The van der Waals surface area contributed by atoms with E-state index in [0.717, 1.165) is 11.8 Å². The van der Waals surface area contributed by atoms with Crippen LogP contribution in [0.3, 0.4) is 0 Å². The van der Waals surface area contributed by atoms with Gasteiger partial charge in [0, 0.05) is 0 Å². The highest BCUT2D eigenvalue weighted by Gasteiger charge is 2.26. The van der Waals surface area contributed by atoms with Gasteiger partial charge in [0.15, 0.2) is 0 Å². The van der Waals surface area contributed by atoms with Crippen molar-refractivity contribution in [1.29, 1.82) is 0 Å². The zero-order valence-corrected chi connectivity index (χ0v) is 23.2. The van der Waals surface area contributed by atoms with Gasteiger partial charge in [0.1, 0.15) is 0 Å². The molecule has 0 saturated heterocycles. The minimum Gasteiger partial charge on any atom is -0.0683 e. The van der Waals surface area contributed by atoms with Crippen molar-refractivity contribution in [3.63, 3.8) is 0 Å². The second-order valence-corrected chi connectivity index (χ2v) is 10.3. The van der Waals surface area contributed by atoms with Gasteiger partial charge < -0.3 is 0 Å². The van der Waals surface area contributed by atoms with E-state index < -0.39 is 0 Å². The largest absolute Gasteiger partial charge is 0.0683 e. The molecule has 0 saturated carbocycles. The molecule has 0 spiro atoms. The van der Waals surface area contributed by atoms with Gasteiger partial charge in [-0.2, -0.15) is 0 Å². The first kappa shape index (κ1) is 35.4. The molecule has 0 aliphatic heterocycles. The summed E-state index contributed by atoms with van der Waals surface area (Å²) in [5.74, 6) is 1.74. The Hall–Kier alpha value is 0. The molecule has 0 aliphatic rings. The monoisotopic (exact) mass is 401 g/mol. The Bertz CT molecular complexity index is 253. The SMILES string of the molecule is CC.CCCC.CCCC.CCCC(C)CC(C)(C)CC(C)CC(C)(C)CC. The third-order valence-electron chi connectivity index (χ3n) is 5.44. The highest BCUT2D eigenvalue weighted by atomic mass is 14.3. The number of hydrogen-bond acceptors (Lipinski definition) is 0. The zero-order valence-electron chi connectivity index (χ0n) is 23.2. The molecule has 0 fully saturated rings. The van der Waals surface area contributed by atoms with Crippen LogP contribution in [0.5, 0.6) is 0 Å². The average Bonchev–Trinajstić information content (AvgIpc) is 2.62. The molecular formula is C28H64. The van der Waals surface area contributed by atoms with Crippen LogP contribution in [0.25, 0.3) is 0 Å². The van der Waals surface area contributed by atoms with Gasteiger partial charge >= 0.3 is 0 Å². The highest BCUT2D eigenvalue weighted by molar-refractivity contribution is 4.78. The third kappa shape index (κ3) is 30.7. The number of rotatable bonds is 11. The lowest BCUT2D eigenvalue weighted by Gasteiger charge is -2.34. The van der Waals surface area contributed by atoms with Crippen LogP contribution >= 0.6 is 0 Å². The molecule has 0 rings (SSSR count). The quantitative estimate of drug-likeness (QED) is 0.323. The summed E-state index contributed by atoms with van der Waals surface area (Å²) >= 11 is 0. The molecule has 0 N–H and O–H groups in total. The minimum absolute atomic E-state index is 0.512. The summed E-state index contributed by atoms with van der Waals surface area (Å²) in [5.41, 5.74) is 1.03. The molecule has 0 aromatic rings. The van der Waals surface area contributed by atoms with Gasteiger partial charge in [0.25, 0.3) is 0 Å². The van der Waals surface area contributed by atoms with Crippen LogP contribution in [0.1, 0.15) is 161 Å². The van der Waals surface area contributed by atoms with Crippen molar-refractivity contribution in [2.24, 2.45) is 22.7 Å². The summed E-state index contributed by atoms with van der Waals surface area (Å²) in [6, 6.07) is 0. The third-order valence-corrected chi connectivity index (χ3v) is 5.44. The van der Waals surface area contributed by atoms with E-state index in [4.69, 9.17) is 0 Å². The molecule has 28 heavy (non-hydrogen) atoms. The van der Waals surface area contributed by atoms with Crippen LogP contribution in [0.15, 0.2) is 0 Å². The van der Waals surface area contributed by atoms with Gasteiger partial charge in [-0.05, 0) is 41.9 Å². The summed E-state index contributed by atoms with van der Waals surface area (Å²) in [7, 11) is 0. The first-order valence-electron chi connectivity index (χ1n) is 12.9.